The molecule has 0 aliphatic rings. The van der Waals surface area contributed by atoms with Gasteiger partial charge in [-0.05, 0) is 69.3 Å². The molecule has 0 aliphatic heterocycles. The van der Waals surface area contributed by atoms with Gasteiger partial charge in [-0.1, -0.05) is 54.4 Å². The molecule has 0 amide bonds. The molecule has 37 heavy (non-hydrogen) atoms. The first-order valence-corrected chi connectivity index (χ1v) is 13.4. The van der Waals surface area contributed by atoms with Crippen LogP contribution >= 0.6 is 0 Å². The molecule has 0 radical (unpaired) electrons. The number of nitrogens with zero attached hydrogens (tertiary/aromatic N) is 3. The van der Waals surface area contributed by atoms with E-state index in [4.69, 9.17) is 9.47 Å². The second-order valence-electron chi connectivity index (χ2n) is 8.18. The number of methoxy groups -OCH3 is 1. The van der Waals surface area contributed by atoms with Crippen LogP contribution in [0.5, 0.6) is 11.5 Å². The van der Waals surface area contributed by atoms with Crippen LogP contribution in [0.3, 0.4) is 0 Å². The van der Waals surface area contributed by atoms with E-state index in [2.05, 4.69) is 73.8 Å². The van der Waals surface area contributed by atoms with Gasteiger partial charge in [0.2, 0.25) is 0 Å². The second-order valence-corrected chi connectivity index (χ2v) is 8.18. The first-order chi connectivity index (χ1) is 17.9. The van der Waals surface area contributed by atoms with E-state index in [9.17, 15) is 0 Å². The van der Waals surface area contributed by atoms with E-state index in [1.54, 1.807) is 7.11 Å². The number of fused-ring (bicyclic) bond motifs is 1. The quantitative estimate of drug-likeness (QED) is 0.283. The lowest BCUT2D eigenvalue weighted by atomic mass is 10.2. The van der Waals surface area contributed by atoms with Gasteiger partial charge in [0, 0.05) is 33.5 Å². The van der Waals surface area contributed by atoms with Crippen LogP contribution in [0.4, 0.5) is 11.5 Å². The number of hydrogen-bond donors (Lipinski definition) is 1. The molecular formula is C31H46N4O2. The number of benzene rings is 2. The zero-order chi connectivity index (χ0) is 27.8. The topological polar surface area (TPSA) is 61.2 Å². The number of aromatic nitrogens is 3. The number of hydrogen-bond acceptors (Lipinski definition) is 5. The summed E-state index contributed by atoms with van der Waals surface area (Å²) in [6.45, 7) is 19.3. The van der Waals surface area contributed by atoms with Crippen molar-refractivity contribution in [3.8, 4) is 17.2 Å². The summed E-state index contributed by atoms with van der Waals surface area (Å²) in [7, 11) is 1.66. The third-order valence-electron chi connectivity index (χ3n) is 5.03. The fraction of sp³-hybridized carbons (Fsp3) is 0.419. The Bertz CT molecular complexity index is 1160. The lowest BCUT2D eigenvalue weighted by Gasteiger charge is -2.11. The number of aryl methyl sites for hydroxylation is 2. The lowest BCUT2D eigenvalue weighted by Crippen LogP contribution is -2.00. The summed E-state index contributed by atoms with van der Waals surface area (Å²) >= 11 is 0. The van der Waals surface area contributed by atoms with Gasteiger partial charge in [-0.25, -0.2) is 0 Å². The average molecular weight is 507 g/mol. The molecule has 0 bridgehead atoms. The van der Waals surface area contributed by atoms with Gasteiger partial charge in [0.25, 0.3) is 0 Å². The van der Waals surface area contributed by atoms with Crippen molar-refractivity contribution >= 4 is 22.3 Å². The van der Waals surface area contributed by atoms with Crippen molar-refractivity contribution in [3.05, 3.63) is 66.1 Å². The maximum absolute atomic E-state index is 5.57. The van der Waals surface area contributed by atoms with Gasteiger partial charge in [0.15, 0.2) is 5.82 Å². The summed E-state index contributed by atoms with van der Waals surface area (Å²) in [5.41, 5.74) is 4.23. The predicted molar refractivity (Wildman–Crippen MR) is 159 cm³/mol. The molecule has 0 aliphatic carbocycles. The molecule has 0 unspecified atom stereocenters. The number of anilines is 2. The molecule has 6 heteroatoms. The summed E-state index contributed by atoms with van der Waals surface area (Å²) in [6, 6.07) is 15.9. The maximum atomic E-state index is 5.57. The molecule has 2 heterocycles. The van der Waals surface area contributed by atoms with Gasteiger partial charge < -0.3 is 19.4 Å². The highest BCUT2D eigenvalue weighted by molar-refractivity contribution is 5.97. The molecule has 0 atom stereocenters. The van der Waals surface area contributed by atoms with E-state index in [0.29, 0.717) is 6.61 Å². The van der Waals surface area contributed by atoms with Crippen molar-refractivity contribution in [2.45, 2.75) is 75.2 Å². The molecule has 2 aromatic carbocycles. The predicted octanol–water partition coefficient (Wildman–Crippen LogP) is 9.05. The van der Waals surface area contributed by atoms with E-state index in [1.807, 2.05) is 63.4 Å². The van der Waals surface area contributed by atoms with Crippen LogP contribution in [0.1, 0.15) is 72.7 Å². The van der Waals surface area contributed by atoms with Gasteiger partial charge in [-0.3, -0.25) is 0 Å². The number of nitrogens with one attached hydrogen (secondary N) is 1. The Morgan fingerprint density at radius 2 is 1.32 bits per heavy atom. The minimum absolute atomic E-state index is 0.655. The van der Waals surface area contributed by atoms with E-state index in [0.717, 1.165) is 50.9 Å². The molecule has 202 valence electrons. The average Bonchev–Trinajstić information content (AvgIpc) is 3.18. The molecule has 4 aromatic rings. The van der Waals surface area contributed by atoms with Crippen LogP contribution in [-0.4, -0.2) is 28.5 Å². The van der Waals surface area contributed by atoms with Crippen molar-refractivity contribution in [3.63, 3.8) is 0 Å². The summed E-state index contributed by atoms with van der Waals surface area (Å²) < 4.78 is 13.0. The normalized spacial score (nSPS) is 9.68. The minimum atomic E-state index is 0.655. The molecule has 6 nitrogen and oxygen atoms in total. The van der Waals surface area contributed by atoms with Crippen molar-refractivity contribution < 1.29 is 9.47 Å². The SMILES string of the molecule is CC.CCC.CCC.CCOc1ccc(-n2c(C)c3cnnc(Nc4ccc(OC)cc4)c3c2C)cc1. The second kappa shape index (κ2) is 17.0. The van der Waals surface area contributed by atoms with Gasteiger partial charge in [-0.15, -0.1) is 5.10 Å². The van der Waals surface area contributed by atoms with E-state index in [1.165, 1.54) is 12.8 Å². The highest BCUT2D eigenvalue weighted by atomic mass is 16.5. The Hall–Kier alpha value is -3.54. The van der Waals surface area contributed by atoms with Crippen molar-refractivity contribution in [1.82, 2.24) is 14.8 Å². The molecule has 1 N–H and O–H groups in total. The third-order valence-corrected chi connectivity index (χ3v) is 5.03. The molecule has 4 rings (SSSR count). The van der Waals surface area contributed by atoms with E-state index < -0.39 is 0 Å². The Morgan fingerprint density at radius 3 is 1.84 bits per heavy atom. The third kappa shape index (κ3) is 8.52. The molecule has 0 saturated heterocycles. The Morgan fingerprint density at radius 1 is 0.784 bits per heavy atom. The molecule has 0 spiro atoms. The largest absolute Gasteiger partial charge is 0.497 e. The van der Waals surface area contributed by atoms with Crippen LogP contribution in [0.25, 0.3) is 16.5 Å². The standard InChI is InChI=1S/C23H24N4O2.2C3H8.C2H6/c1-5-29-20-12-8-18(9-13-20)27-15(2)21-14-24-26-23(22(21)16(27)3)25-17-6-10-19(28-4)11-7-17;2*1-3-2;1-2/h6-14H,5H2,1-4H3,(H,25,26);2*3H2,1-2H3;1-2H3. The van der Waals surface area contributed by atoms with E-state index >= 15 is 0 Å². The van der Waals surface area contributed by atoms with Crippen LogP contribution in [0.2, 0.25) is 0 Å². The molecule has 0 saturated carbocycles. The Balaban J connectivity index is 0.000000767. The molecular weight excluding hydrogens is 460 g/mol. The van der Waals surface area contributed by atoms with Crippen LogP contribution in [0, 0.1) is 13.8 Å². The molecule has 0 fully saturated rings. The van der Waals surface area contributed by atoms with E-state index in [-0.39, 0.29) is 0 Å². The molecule has 2 aromatic heterocycles. The summed E-state index contributed by atoms with van der Waals surface area (Å²) in [4.78, 5) is 0. The monoisotopic (exact) mass is 506 g/mol. The van der Waals surface area contributed by atoms with Gasteiger partial charge in [-0.2, -0.15) is 5.10 Å². The first-order valence-electron chi connectivity index (χ1n) is 13.4. The lowest BCUT2D eigenvalue weighted by molar-refractivity contribution is 0.340. The Kier molecular flexibility index (Phi) is 14.5. The summed E-state index contributed by atoms with van der Waals surface area (Å²) in [5.74, 6) is 2.42. The van der Waals surface area contributed by atoms with Crippen LogP contribution in [-0.2, 0) is 0 Å². The smallest absolute Gasteiger partial charge is 0.162 e. The van der Waals surface area contributed by atoms with Crippen LogP contribution in [0.15, 0.2) is 54.7 Å². The summed E-state index contributed by atoms with van der Waals surface area (Å²) in [6.07, 6.45) is 4.32. The fourth-order valence-electron chi connectivity index (χ4n) is 3.65. The zero-order valence-electron chi connectivity index (χ0n) is 24.5. The zero-order valence-corrected chi connectivity index (χ0v) is 24.5. The summed E-state index contributed by atoms with van der Waals surface area (Å²) in [5, 5.41) is 14.1. The fourth-order valence-corrected chi connectivity index (χ4v) is 3.65. The van der Waals surface area contributed by atoms with Crippen molar-refractivity contribution in [1.29, 1.82) is 0 Å². The first kappa shape index (κ1) is 31.5. The number of ether oxygens (including phenoxy) is 2. The highest BCUT2D eigenvalue weighted by Gasteiger charge is 2.17. The van der Waals surface area contributed by atoms with Crippen molar-refractivity contribution in [2.75, 3.05) is 19.0 Å². The minimum Gasteiger partial charge on any atom is -0.497 e. The number of rotatable bonds is 6. The van der Waals surface area contributed by atoms with Gasteiger partial charge in [0.05, 0.1) is 19.9 Å². The van der Waals surface area contributed by atoms with Gasteiger partial charge >= 0.3 is 0 Å². The van der Waals surface area contributed by atoms with Gasteiger partial charge in [0.1, 0.15) is 11.5 Å². The Labute approximate surface area is 224 Å². The van der Waals surface area contributed by atoms with Crippen LogP contribution < -0.4 is 14.8 Å². The highest BCUT2D eigenvalue weighted by Crippen LogP contribution is 2.33. The van der Waals surface area contributed by atoms with Crippen molar-refractivity contribution in [2.24, 2.45) is 0 Å². The maximum Gasteiger partial charge on any atom is 0.162 e.